The number of aromatic nitrogens is 2. The van der Waals surface area contributed by atoms with E-state index in [1.54, 1.807) is 60.8 Å². The first-order valence-electron chi connectivity index (χ1n) is 10.6. The number of hydrogen-bond donors (Lipinski definition) is 2. The topological polar surface area (TPSA) is 106 Å². The summed E-state index contributed by atoms with van der Waals surface area (Å²) in [6.45, 7) is 9.47. The van der Waals surface area contributed by atoms with Crippen molar-refractivity contribution in [3.8, 4) is 11.5 Å². The van der Waals surface area contributed by atoms with E-state index in [0.29, 0.717) is 39.8 Å². The summed E-state index contributed by atoms with van der Waals surface area (Å²) in [5.41, 5.74) is 1.56. The van der Waals surface area contributed by atoms with Crippen LogP contribution in [-0.4, -0.2) is 22.0 Å². The number of ether oxygens (including phenoxy) is 1. The summed E-state index contributed by atoms with van der Waals surface area (Å²) in [5, 5.41) is 10.1. The van der Waals surface area contributed by atoms with Crippen LogP contribution in [0.15, 0.2) is 78.0 Å². The summed E-state index contributed by atoms with van der Waals surface area (Å²) in [4.78, 5) is 28.5. The largest absolute Gasteiger partial charge is 0.457 e. The molecule has 0 aliphatic carbocycles. The van der Waals surface area contributed by atoms with Gasteiger partial charge in [0, 0.05) is 34.3 Å². The number of hydrogen-bond acceptors (Lipinski definition) is 6. The predicted octanol–water partition coefficient (Wildman–Crippen LogP) is 5.69. The van der Waals surface area contributed by atoms with Gasteiger partial charge in [-0.1, -0.05) is 32.5 Å². The Hall–Kier alpha value is -4.46. The first-order chi connectivity index (χ1) is 16.2. The minimum absolute atomic E-state index is 0.204. The monoisotopic (exact) mass is 456 g/mol. The lowest BCUT2D eigenvalue weighted by molar-refractivity contribution is -0.111. The predicted molar refractivity (Wildman–Crippen MR) is 130 cm³/mol. The molecule has 2 heterocycles. The number of carbonyl (C=O) groups excluding carboxylic acids is 2. The van der Waals surface area contributed by atoms with Gasteiger partial charge < -0.3 is 19.9 Å². The minimum atomic E-state index is -0.308. The van der Waals surface area contributed by atoms with E-state index in [2.05, 4.69) is 27.4 Å². The van der Waals surface area contributed by atoms with Gasteiger partial charge in [-0.05, 0) is 54.6 Å². The molecular formula is C26H24N4O4. The maximum absolute atomic E-state index is 12.6. The molecule has 2 aromatic carbocycles. The van der Waals surface area contributed by atoms with Crippen LogP contribution in [0.3, 0.4) is 0 Å². The number of nitrogens with one attached hydrogen (secondary N) is 2. The Morgan fingerprint density at radius 2 is 1.79 bits per heavy atom. The van der Waals surface area contributed by atoms with Crippen molar-refractivity contribution in [2.75, 3.05) is 10.6 Å². The molecule has 8 nitrogen and oxygen atoms in total. The fourth-order valence-electron chi connectivity index (χ4n) is 3.16. The van der Waals surface area contributed by atoms with Gasteiger partial charge in [-0.25, -0.2) is 0 Å². The summed E-state index contributed by atoms with van der Waals surface area (Å²) < 4.78 is 11.3. The molecule has 0 fully saturated rings. The second-order valence-electron chi connectivity index (χ2n) is 8.64. The molecule has 4 rings (SSSR count). The van der Waals surface area contributed by atoms with Crippen LogP contribution in [0.1, 0.15) is 36.9 Å². The maximum Gasteiger partial charge on any atom is 0.256 e. The van der Waals surface area contributed by atoms with Crippen LogP contribution in [0.25, 0.3) is 10.9 Å². The van der Waals surface area contributed by atoms with Gasteiger partial charge in [-0.2, -0.15) is 0 Å². The molecule has 0 spiro atoms. The van der Waals surface area contributed by atoms with Gasteiger partial charge >= 0.3 is 0 Å². The highest BCUT2D eigenvalue weighted by Gasteiger charge is 2.20. The molecule has 0 atom stereocenters. The lowest BCUT2D eigenvalue weighted by atomic mass is 9.93. The van der Waals surface area contributed by atoms with Crippen molar-refractivity contribution in [1.29, 1.82) is 0 Å². The third kappa shape index (κ3) is 5.12. The second-order valence-corrected chi connectivity index (χ2v) is 8.64. The molecule has 34 heavy (non-hydrogen) atoms. The highest BCUT2D eigenvalue weighted by Crippen LogP contribution is 2.31. The van der Waals surface area contributed by atoms with Crippen molar-refractivity contribution in [1.82, 2.24) is 10.1 Å². The zero-order chi connectivity index (χ0) is 24.3. The molecule has 2 N–H and O–H groups in total. The number of benzene rings is 2. The first-order valence-corrected chi connectivity index (χ1v) is 10.6. The number of nitrogens with zero attached hydrogens (tertiary/aromatic N) is 2. The van der Waals surface area contributed by atoms with Crippen molar-refractivity contribution in [2.24, 2.45) is 0 Å². The highest BCUT2D eigenvalue weighted by atomic mass is 16.5. The zero-order valence-corrected chi connectivity index (χ0v) is 19.1. The Morgan fingerprint density at radius 3 is 2.47 bits per heavy atom. The number of carbonyl (C=O) groups is 2. The second kappa shape index (κ2) is 9.19. The number of pyridine rings is 1. The number of amides is 2. The van der Waals surface area contributed by atoms with E-state index in [1.807, 2.05) is 20.8 Å². The van der Waals surface area contributed by atoms with E-state index in [4.69, 9.17) is 9.26 Å². The van der Waals surface area contributed by atoms with Crippen LogP contribution in [0, 0.1) is 0 Å². The van der Waals surface area contributed by atoms with Gasteiger partial charge in [0.15, 0.2) is 5.82 Å². The summed E-state index contributed by atoms with van der Waals surface area (Å²) >= 11 is 0. The van der Waals surface area contributed by atoms with Gasteiger partial charge in [0.25, 0.3) is 5.91 Å². The summed E-state index contributed by atoms with van der Waals surface area (Å²) in [5.74, 6) is 1.54. The van der Waals surface area contributed by atoms with Crippen molar-refractivity contribution < 1.29 is 18.8 Å². The third-order valence-electron chi connectivity index (χ3n) is 4.99. The van der Waals surface area contributed by atoms with E-state index in [1.165, 1.54) is 6.08 Å². The van der Waals surface area contributed by atoms with Crippen LogP contribution in [0.4, 0.5) is 11.5 Å². The summed E-state index contributed by atoms with van der Waals surface area (Å²) in [6.07, 6.45) is 2.85. The van der Waals surface area contributed by atoms with Crippen LogP contribution in [0.5, 0.6) is 11.5 Å². The zero-order valence-electron chi connectivity index (χ0n) is 19.1. The molecule has 2 amide bonds. The highest BCUT2D eigenvalue weighted by molar-refractivity contribution is 6.04. The van der Waals surface area contributed by atoms with E-state index in [9.17, 15) is 9.59 Å². The molecule has 172 valence electrons. The summed E-state index contributed by atoms with van der Waals surface area (Å²) in [7, 11) is 0. The Labute approximate surface area is 196 Å². The quantitative estimate of drug-likeness (QED) is 0.361. The van der Waals surface area contributed by atoms with Crippen LogP contribution < -0.4 is 15.4 Å². The Bertz CT molecular complexity index is 1370. The summed E-state index contributed by atoms with van der Waals surface area (Å²) in [6, 6.07) is 15.5. The molecule has 8 heteroatoms. The number of fused-ring (bicyclic) bond motifs is 1. The molecule has 0 bridgehead atoms. The van der Waals surface area contributed by atoms with Crippen LogP contribution in [0.2, 0.25) is 0 Å². The van der Waals surface area contributed by atoms with Crippen molar-refractivity contribution in [3.05, 3.63) is 84.8 Å². The lowest BCUT2D eigenvalue weighted by Crippen LogP contribution is -2.12. The molecule has 0 saturated carbocycles. The molecule has 0 aliphatic rings. The molecule has 4 aromatic rings. The molecule has 0 saturated heterocycles. The van der Waals surface area contributed by atoms with E-state index >= 15 is 0 Å². The van der Waals surface area contributed by atoms with E-state index < -0.39 is 0 Å². The van der Waals surface area contributed by atoms with E-state index in [-0.39, 0.29) is 17.2 Å². The van der Waals surface area contributed by atoms with Gasteiger partial charge in [-0.3, -0.25) is 14.6 Å². The molecular weight excluding hydrogens is 432 g/mol. The van der Waals surface area contributed by atoms with Crippen molar-refractivity contribution >= 4 is 34.2 Å². The molecule has 2 aromatic heterocycles. The van der Waals surface area contributed by atoms with Crippen molar-refractivity contribution in [2.45, 2.75) is 26.2 Å². The average molecular weight is 457 g/mol. The van der Waals surface area contributed by atoms with Crippen LogP contribution >= 0.6 is 0 Å². The fourth-order valence-corrected chi connectivity index (χ4v) is 3.16. The Kier molecular flexibility index (Phi) is 6.14. The minimum Gasteiger partial charge on any atom is -0.457 e. The van der Waals surface area contributed by atoms with Gasteiger partial charge in [0.05, 0.1) is 5.52 Å². The number of rotatable bonds is 6. The Balaban J connectivity index is 1.49. The van der Waals surface area contributed by atoms with Crippen LogP contribution in [-0.2, 0) is 10.2 Å². The lowest BCUT2D eigenvalue weighted by Gasteiger charge is -2.12. The first kappa shape index (κ1) is 22.7. The maximum atomic E-state index is 12.6. The van der Waals surface area contributed by atoms with Crippen molar-refractivity contribution in [3.63, 3.8) is 0 Å². The third-order valence-corrected chi connectivity index (χ3v) is 4.99. The van der Waals surface area contributed by atoms with Gasteiger partial charge in [0.1, 0.15) is 17.3 Å². The SMILES string of the molecule is C=CC(=O)Nc1ccc2nccc(Oc3ccc(C(=O)Nc4cc(C(C)(C)C)on4)cc3)c2c1. The Morgan fingerprint density at radius 1 is 1.03 bits per heavy atom. The smallest absolute Gasteiger partial charge is 0.256 e. The normalized spacial score (nSPS) is 11.1. The van der Waals surface area contributed by atoms with E-state index in [0.717, 1.165) is 5.39 Å². The fraction of sp³-hybridized carbons (Fsp3) is 0.154. The molecule has 0 aliphatic heterocycles. The molecule has 0 radical (unpaired) electrons. The number of anilines is 2. The van der Waals surface area contributed by atoms with Gasteiger partial charge in [0.2, 0.25) is 5.91 Å². The average Bonchev–Trinajstić information content (AvgIpc) is 3.29. The van der Waals surface area contributed by atoms with Gasteiger partial charge in [-0.15, -0.1) is 0 Å². The standard InChI is InChI=1S/C26H24N4O4/c1-5-24(31)28-17-8-11-20-19(14-17)21(12-13-27-20)33-18-9-6-16(7-10-18)25(32)29-23-15-22(34-30-23)26(2,3)4/h5-15H,1H2,2-4H3,(H,28,31)(H,29,30,32). The molecule has 0 unspecified atom stereocenters.